The molecule has 0 fully saturated rings. The summed E-state index contributed by atoms with van der Waals surface area (Å²) in [6.45, 7) is 9.51. The second kappa shape index (κ2) is 6.21. The molecule has 96 valence electrons. The maximum Gasteiger partial charge on any atom is 0.239 e. The smallest absolute Gasteiger partial charge is 0.239 e. The molecule has 2 atom stereocenters. The van der Waals surface area contributed by atoms with Crippen LogP contribution in [-0.4, -0.2) is 43.5 Å². The lowest BCUT2D eigenvalue weighted by atomic mass is 9.95. The third-order valence-electron chi connectivity index (χ3n) is 2.79. The molecule has 0 radical (unpaired) electrons. The Kier molecular flexibility index (Phi) is 5.97. The number of carbonyl (C=O) groups is 1. The molecular weight excluding hydrogens is 202 g/mol. The first-order valence-electron chi connectivity index (χ1n) is 5.86. The van der Waals surface area contributed by atoms with Gasteiger partial charge >= 0.3 is 0 Å². The largest absolute Gasteiger partial charge is 0.354 e. The molecule has 0 heterocycles. The van der Waals surface area contributed by atoms with E-state index in [4.69, 9.17) is 5.73 Å². The van der Waals surface area contributed by atoms with Crippen molar-refractivity contribution in [2.45, 2.75) is 33.2 Å². The van der Waals surface area contributed by atoms with Crippen molar-refractivity contribution in [3.63, 3.8) is 0 Å². The molecular formula is C12H27N3O. The van der Waals surface area contributed by atoms with Crippen LogP contribution in [0.25, 0.3) is 0 Å². The van der Waals surface area contributed by atoms with Gasteiger partial charge in [-0.2, -0.15) is 0 Å². The third kappa shape index (κ3) is 6.08. The zero-order valence-electron chi connectivity index (χ0n) is 11.5. The van der Waals surface area contributed by atoms with E-state index in [1.54, 1.807) is 13.8 Å². The number of nitrogens with zero attached hydrogens (tertiary/aromatic N) is 1. The fraction of sp³-hybridized carbons (Fsp3) is 0.917. The van der Waals surface area contributed by atoms with Gasteiger partial charge in [0.15, 0.2) is 0 Å². The summed E-state index contributed by atoms with van der Waals surface area (Å²) in [7, 11) is 4.12. The number of nitrogens with one attached hydrogen (secondary N) is 1. The molecule has 0 aromatic rings. The van der Waals surface area contributed by atoms with E-state index in [0.29, 0.717) is 18.4 Å². The van der Waals surface area contributed by atoms with Crippen LogP contribution in [0, 0.1) is 11.8 Å². The van der Waals surface area contributed by atoms with Gasteiger partial charge in [0.25, 0.3) is 0 Å². The van der Waals surface area contributed by atoms with E-state index in [2.05, 4.69) is 38.2 Å². The van der Waals surface area contributed by atoms with Crippen molar-refractivity contribution in [2.75, 3.05) is 27.2 Å². The monoisotopic (exact) mass is 229 g/mol. The lowest BCUT2D eigenvalue weighted by Crippen LogP contribution is -2.50. The average Bonchev–Trinajstić information content (AvgIpc) is 2.10. The molecule has 4 nitrogen and oxygen atoms in total. The molecule has 3 N–H and O–H groups in total. The highest BCUT2D eigenvalue weighted by atomic mass is 16.2. The summed E-state index contributed by atoms with van der Waals surface area (Å²) in [4.78, 5) is 13.7. The summed E-state index contributed by atoms with van der Waals surface area (Å²) in [6.07, 6.45) is 0. The molecule has 0 saturated carbocycles. The Labute approximate surface area is 99.6 Å². The first-order valence-corrected chi connectivity index (χ1v) is 5.86. The van der Waals surface area contributed by atoms with Crippen molar-refractivity contribution in [3.05, 3.63) is 0 Å². The summed E-state index contributed by atoms with van der Waals surface area (Å²) in [5, 5.41) is 2.89. The van der Waals surface area contributed by atoms with Crippen LogP contribution in [0.5, 0.6) is 0 Å². The Morgan fingerprint density at radius 3 is 2.19 bits per heavy atom. The minimum Gasteiger partial charge on any atom is -0.354 e. The molecule has 4 heteroatoms. The summed E-state index contributed by atoms with van der Waals surface area (Å²) < 4.78 is 0. The normalized spacial score (nSPS) is 16.0. The SMILES string of the molecule is CC(CN(C)C)[C@H](C)CNC(=O)C(C)(C)N. The minimum atomic E-state index is -0.787. The van der Waals surface area contributed by atoms with Crippen LogP contribution in [-0.2, 0) is 4.79 Å². The quantitative estimate of drug-likeness (QED) is 0.704. The first-order chi connectivity index (χ1) is 7.14. The summed E-state index contributed by atoms with van der Waals surface area (Å²) >= 11 is 0. The van der Waals surface area contributed by atoms with Crippen molar-refractivity contribution in [1.29, 1.82) is 0 Å². The Balaban J connectivity index is 3.98. The van der Waals surface area contributed by atoms with E-state index in [9.17, 15) is 4.79 Å². The topological polar surface area (TPSA) is 58.4 Å². The highest BCUT2D eigenvalue weighted by Crippen LogP contribution is 2.10. The van der Waals surface area contributed by atoms with Crippen LogP contribution < -0.4 is 11.1 Å². The molecule has 16 heavy (non-hydrogen) atoms. The van der Waals surface area contributed by atoms with E-state index >= 15 is 0 Å². The maximum absolute atomic E-state index is 11.6. The average molecular weight is 229 g/mol. The fourth-order valence-corrected chi connectivity index (χ4v) is 1.44. The highest BCUT2D eigenvalue weighted by Gasteiger charge is 2.22. The van der Waals surface area contributed by atoms with Crippen molar-refractivity contribution in [3.8, 4) is 0 Å². The van der Waals surface area contributed by atoms with E-state index in [0.717, 1.165) is 6.54 Å². The molecule has 0 aromatic heterocycles. The number of amides is 1. The summed E-state index contributed by atoms with van der Waals surface area (Å²) in [6, 6.07) is 0. The minimum absolute atomic E-state index is 0.0867. The fourth-order valence-electron chi connectivity index (χ4n) is 1.44. The van der Waals surface area contributed by atoms with E-state index in [1.807, 2.05) is 0 Å². The maximum atomic E-state index is 11.6. The van der Waals surface area contributed by atoms with Crippen LogP contribution in [0.4, 0.5) is 0 Å². The van der Waals surface area contributed by atoms with Crippen LogP contribution in [0.15, 0.2) is 0 Å². The third-order valence-corrected chi connectivity index (χ3v) is 2.79. The Morgan fingerprint density at radius 1 is 1.31 bits per heavy atom. The zero-order chi connectivity index (χ0) is 12.9. The molecule has 1 unspecified atom stereocenters. The Hall–Kier alpha value is -0.610. The van der Waals surface area contributed by atoms with Crippen molar-refractivity contribution in [1.82, 2.24) is 10.2 Å². The molecule has 0 aliphatic rings. The van der Waals surface area contributed by atoms with Crippen molar-refractivity contribution < 1.29 is 4.79 Å². The molecule has 0 saturated heterocycles. The zero-order valence-corrected chi connectivity index (χ0v) is 11.5. The molecule has 0 aromatic carbocycles. The number of hydrogen-bond donors (Lipinski definition) is 2. The van der Waals surface area contributed by atoms with Gasteiger partial charge in [-0.1, -0.05) is 13.8 Å². The van der Waals surface area contributed by atoms with Gasteiger partial charge < -0.3 is 16.0 Å². The van der Waals surface area contributed by atoms with Crippen LogP contribution in [0.1, 0.15) is 27.7 Å². The lowest BCUT2D eigenvalue weighted by molar-refractivity contribution is -0.125. The van der Waals surface area contributed by atoms with Crippen molar-refractivity contribution >= 4 is 5.91 Å². The molecule has 0 bridgehead atoms. The van der Waals surface area contributed by atoms with Crippen LogP contribution in [0.2, 0.25) is 0 Å². The predicted octanol–water partition coefficient (Wildman–Crippen LogP) is 0.674. The number of hydrogen-bond acceptors (Lipinski definition) is 3. The Bertz CT molecular complexity index is 221. The molecule has 0 spiro atoms. The van der Waals surface area contributed by atoms with Gasteiger partial charge in [0.05, 0.1) is 5.54 Å². The van der Waals surface area contributed by atoms with Crippen molar-refractivity contribution in [2.24, 2.45) is 17.6 Å². The second-order valence-electron chi connectivity index (χ2n) is 5.65. The van der Waals surface area contributed by atoms with Gasteiger partial charge in [-0.15, -0.1) is 0 Å². The highest BCUT2D eigenvalue weighted by molar-refractivity contribution is 5.84. The lowest BCUT2D eigenvalue weighted by Gasteiger charge is -2.25. The van der Waals surface area contributed by atoms with Crippen LogP contribution in [0.3, 0.4) is 0 Å². The van der Waals surface area contributed by atoms with Gasteiger partial charge in [0.1, 0.15) is 0 Å². The molecule has 1 amide bonds. The number of rotatable bonds is 6. The first kappa shape index (κ1) is 15.4. The second-order valence-corrected chi connectivity index (χ2v) is 5.65. The molecule has 0 aliphatic carbocycles. The molecule has 0 rings (SSSR count). The van der Waals surface area contributed by atoms with Gasteiger partial charge in [-0.3, -0.25) is 4.79 Å². The standard InChI is InChI=1S/C12H27N3O/c1-9(10(2)8-15(5)6)7-14-11(16)12(3,4)13/h9-10H,7-8,13H2,1-6H3,(H,14,16)/t9-,10?/m1/s1. The van der Waals surface area contributed by atoms with E-state index in [-0.39, 0.29) is 5.91 Å². The van der Waals surface area contributed by atoms with Crippen LogP contribution >= 0.6 is 0 Å². The summed E-state index contributed by atoms with van der Waals surface area (Å²) in [5.74, 6) is 0.918. The Morgan fingerprint density at radius 2 is 1.81 bits per heavy atom. The van der Waals surface area contributed by atoms with E-state index < -0.39 is 5.54 Å². The van der Waals surface area contributed by atoms with Gasteiger partial charge in [-0.05, 0) is 39.8 Å². The van der Waals surface area contributed by atoms with Gasteiger partial charge in [-0.25, -0.2) is 0 Å². The molecule has 0 aliphatic heterocycles. The summed E-state index contributed by atoms with van der Waals surface area (Å²) in [5.41, 5.74) is 4.91. The number of nitrogens with two attached hydrogens (primary N) is 1. The number of carbonyl (C=O) groups excluding carboxylic acids is 1. The predicted molar refractivity (Wildman–Crippen MR) is 68.2 cm³/mol. The van der Waals surface area contributed by atoms with Gasteiger partial charge in [0.2, 0.25) is 5.91 Å². The van der Waals surface area contributed by atoms with Gasteiger partial charge in [0, 0.05) is 13.1 Å². The van der Waals surface area contributed by atoms with E-state index in [1.165, 1.54) is 0 Å².